The zero-order chi connectivity index (χ0) is 20.8. The van der Waals surface area contributed by atoms with Crippen LogP contribution in [0.4, 0.5) is 0 Å². The number of hydrogen-bond acceptors (Lipinski definition) is 3. The Morgan fingerprint density at radius 1 is 0.900 bits per heavy atom. The molecule has 2 aliphatic heterocycles. The summed E-state index contributed by atoms with van der Waals surface area (Å²) in [5, 5.41) is 0. The molecule has 2 saturated heterocycles. The third-order valence-electron chi connectivity index (χ3n) is 6.10. The van der Waals surface area contributed by atoms with Crippen LogP contribution in [0.5, 0.6) is 5.75 Å². The third kappa shape index (κ3) is 5.02. The van der Waals surface area contributed by atoms with Gasteiger partial charge in [-0.25, -0.2) is 0 Å². The lowest BCUT2D eigenvalue weighted by atomic mass is 10.1. The van der Waals surface area contributed by atoms with Gasteiger partial charge in [0, 0.05) is 31.6 Å². The molecule has 2 aliphatic rings. The highest BCUT2D eigenvalue weighted by Gasteiger charge is 2.29. The van der Waals surface area contributed by atoms with Gasteiger partial charge in [0.05, 0.1) is 6.04 Å². The second kappa shape index (κ2) is 9.79. The van der Waals surface area contributed by atoms with E-state index in [1.807, 2.05) is 52.3 Å². The van der Waals surface area contributed by atoms with Crippen molar-refractivity contribution in [1.82, 2.24) is 9.80 Å². The first-order valence-corrected chi connectivity index (χ1v) is 11.1. The number of benzene rings is 2. The van der Waals surface area contributed by atoms with E-state index in [-0.39, 0.29) is 17.9 Å². The number of ether oxygens (including phenoxy) is 1. The van der Waals surface area contributed by atoms with Crippen molar-refractivity contribution in [3.8, 4) is 5.75 Å². The van der Waals surface area contributed by atoms with Crippen LogP contribution in [0.3, 0.4) is 0 Å². The van der Waals surface area contributed by atoms with E-state index in [4.69, 9.17) is 4.74 Å². The molecule has 0 N–H and O–H groups in total. The summed E-state index contributed by atoms with van der Waals surface area (Å²) in [7, 11) is 0. The number of carbonyl (C=O) groups excluding carboxylic acids is 2. The lowest BCUT2D eigenvalue weighted by Crippen LogP contribution is -2.39. The lowest BCUT2D eigenvalue weighted by Gasteiger charge is -2.25. The highest BCUT2D eigenvalue weighted by Crippen LogP contribution is 2.22. The Morgan fingerprint density at radius 2 is 1.63 bits per heavy atom. The Hall–Kier alpha value is -2.82. The molecule has 0 spiro atoms. The van der Waals surface area contributed by atoms with E-state index in [0.717, 1.165) is 57.5 Å². The number of likely N-dealkylation sites (tertiary alicyclic amines) is 2. The summed E-state index contributed by atoms with van der Waals surface area (Å²) < 4.78 is 5.97. The van der Waals surface area contributed by atoms with E-state index in [0.29, 0.717) is 18.6 Å². The maximum absolute atomic E-state index is 12.7. The van der Waals surface area contributed by atoms with Gasteiger partial charge in [-0.15, -0.1) is 0 Å². The monoisotopic (exact) mass is 406 g/mol. The number of aryl methyl sites for hydroxylation is 1. The summed E-state index contributed by atoms with van der Waals surface area (Å²) in [6, 6.07) is 17.7. The molecule has 30 heavy (non-hydrogen) atoms. The Balaban J connectivity index is 1.27. The normalized spacial score (nSPS) is 18.6. The third-order valence-corrected chi connectivity index (χ3v) is 6.10. The van der Waals surface area contributed by atoms with Crippen molar-refractivity contribution < 1.29 is 14.3 Å². The minimum atomic E-state index is 0.102. The maximum Gasteiger partial charge on any atom is 0.253 e. The second-order valence-electron chi connectivity index (χ2n) is 8.20. The van der Waals surface area contributed by atoms with Crippen LogP contribution < -0.4 is 4.74 Å². The maximum atomic E-state index is 12.7. The summed E-state index contributed by atoms with van der Waals surface area (Å²) >= 11 is 0. The minimum Gasteiger partial charge on any atom is -0.491 e. The first-order valence-electron chi connectivity index (χ1n) is 11.1. The molecule has 2 fully saturated rings. The van der Waals surface area contributed by atoms with E-state index in [9.17, 15) is 9.59 Å². The Bertz CT molecular complexity index is 844. The van der Waals surface area contributed by atoms with Crippen LogP contribution in [0.15, 0.2) is 54.6 Å². The van der Waals surface area contributed by atoms with Crippen LogP contribution in [0.1, 0.15) is 48.0 Å². The molecule has 5 heteroatoms. The number of amides is 2. The van der Waals surface area contributed by atoms with E-state index in [2.05, 4.69) is 12.1 Å². The average molecular weight is 407 g/mol. The molecule has 0 aliphatic carbocycles. The van der Waals surface area contributed by atoms with Gasteiger partial charge < -0.3 is 14.5 Å². The molecule has 0 aromatic heterocycles. The predicted octanol–water partition coefficient (Wildman–Crippen LogP) is 3.93. The Labute approximate surface area is 178 Å². The molecule has 2 amide bonds. The fraction of sp³-hybridized carbons (Fsp3) is 0.440. The predicted molar refractivity (Wildman–Crippen MR) is 117 cm³/mol. The standard InChI is InChI=1S/C25H30N2O3/c28-24(15-10-20-7-2-1-3-8-20)27-18-6-9-22(27)19-30-23-13-11-21(12-14-23)25(29)26-16-4-5-17-26/h1-3,7-8,11-14,22H,4-6,9-10,15-19H2/t22-/m0/s1. The molecule has 0 radical (unpaired) electrons. The molecule has 5 nitrogen and oxygen atoms in total. The van der Waals surface area contributed by atoms with Crippen LogP contribution in [0, 0.1) is 0 Å². The van der Waals surface area contributed by atoms with Gasteiger partial charge in [-0.2, -0.15) is 0 Å². The number of carbonyl (C=O) groups is 2. The smallest absolute Gasteiger partial charge is 0.253 e. The summed E-state index contributed by atoms with van der Waals surface area (Å²) in [6.45, 7) is 3.02. The number of rotatable bonds is 7. The van der Waals surface area contributed by atoms with Crippen molar-refractivity contribution in [3.63, 3.8) is 0 Å². The molecule has 2 aromatic rings. The Kier molecular flexibility index (Phi) is 6.67. The molecular weight excluding hydrogens is 376 g/mol. The highest BCUT2D eigenvalue weighted by molar-refractivity contribution is 5.94. The molecule has 2 aromatic carbocycles. The molecule has 0 unspecified atom stereocenters. The fourth-order valence-corrected chi connectivity index (χ4v) is 4.37. The van der Waals surface area contributed by atoms with Gasteiger partial charge in [0.1, 0.15) is 12.4 Å². The zero-order valence-electron chi connectivity index (χ0n) is 17.5. The van der Waals surface area contributed by atoms with Gasteiger partial charge >= 0.3 is 0 Å². The average Bonchev–Trinajstić information content (AvgIpc) is 3.49. The van der Waals surface area contributed by atoms with Gasteiger partial charge in [-0.3, -0.25) is 9.59 Å². The first-order chi connectivity index (χ1) is 14.7. The van der Waals surface area contributed by atoms with Gasteiger partial charge in [-0.05, 0) is 61.9 Å². The van der Waals surface area contributed by atoms with Gasteiger partial charge in [-0.1, -0.05) is 30.3 Å². The van der Waals surface area contributed by atoms with Crippen molar-refractivity contribution in [2.45, 2.75) is 44.6 Å². The summed E-state index contributed by atoms with van der Waals surface area (Å²) in [5.74, 6) is 1.05. The van der Waals surface area contributed by atoms with Gasteiger partial charge in [0.25, 0.3) is 5.91 Å². The van der Waals surface area contributed by atoms with Crippen molar-refractivity contribution in [1.29, 1.82) is 0 Å². The Morgan fingerprint density at radius 3 is 2.37 bits per heavy atom. The van der Waals surface area contributed by atoms with Crippen LogP contribution in [0.25, 0.3) is 0 Å². The summed E-state index contributed by atoms with van der Waals surface area (Å²) in [4.78, 5) is 29.1. The van der Waals surface area contributed by atoms with Crippen molar-refractivity contribution in [2.75, 3.05) is 26.2 Å². The van der Waals surface area contributed by atoms with E-state index in [1.54, 1.807) is 0 Å². The topological polar surface area (TPSA) is 49.9 Å². The molecule has 2 heterocycles. The van der Waals surface area contributed by atoms with Crippen molar-refractivity contribution in [3.05, 3.63) is 65.7 Å². The molecule has 0 saturated carbocycles. The van der Waals surface area contributed by atoms with Gasteiger partial charge in [0.15, 0.2) is 0 Å². The van der Waals surface area contributed by atoms with E-state index >= 15 is 0 Å². The minimum absolute atomic E-state index is 0.102. The van der Waals surface area contributed by atoms with Gasteiger partial charge in [0.2, 0.25) is 5.91 Å². The highest BCUT2D eigenvalue weighted by atomic mass is 16.5. The summed E-state index contributed by atoms with van der Waals surface area (Å²) in [6.07, 6.45) is 5.49. The molecule has 1 atom stereocenters. The second-order valence-corrected chi connectivity index (χ2v) is 8.20. The van der Waals surface area contributed by atoms with Crippen LogP contribution >= 0.6 is 0 Å². The van der Waals surface area contributed by atoms with Crippen LogP contribution in [-0.4, -0.2) is 53.9 Å². The van der Waals surface area contributed by atoms with Crippen LogP contribution in [0.2, 0.25) is 0 Å². The van der Waals surface area contributed by atoms with E-state index < -0.39 is 0 Å². The van der Waals surface area contributed by atoms with E-state index in [1.165, 1.54) is 5.56 Å². The summed E-state index contributed by atoms with van der Waals surface area (Å²) in [5.41, 5.74) is 1.91. The first kappa shape index (κ1) is 20.5. The SMILES string of the molecule is O=C(c1ccc(OC[C@@H]2CCCN2C(=O)CCc2ccccc2)cc1)N1CCCC1. The largest absolute Gasteiger partial charge is 0.491 e. The number of nitrogens with zero attached hydrogens (tertiary/aromatic N) is 2. The van der Waals surface area contributed by atoms with Crippen molar-refractivity contribution >= 4 is 11.8 Å². The lowest BCUT2D eigenvalue weighted by molar-refractivity contribution is -0.132. The quantitative estimate of drug-likeness (QED) is 0.700. The molecule has 158 valence electrons. The molecule has 0 bridgehead atoms. The van der Waals surface area contributed by atoms with Crippen molar-refractivity contribution in [2.24, 2.45) is 0 Å². The molecule has 4 rings (SSSR count). The number of hydrogen-bond donors (Lipinski definition) is 0. The zero-order valence-corrected chi connectivity index (χ0v) is 17.5. The fourth-order valence-electron chi connectivity index (χ4n) is 4.37. The molecular formula is C25H30N2O3. The van der Waals surface area contributed by atoms with Crippen LogP contribution in [-0.2, 0) is 11.2 Å².